The van der Waals surface area contributed by atoms with E-state index in [2.05, 4.69) is 10.5 Å². The second kappa shape index (κ2) is 10.3. The number of hydrogen-bond donors (Lipinski definition) is 2. The summed E-state index contributed by atoms with van der Waals surface area (Å²) in [6.07, 6.45) is 0. The minimum atomic E-state index is -0.774. The zero-order valence-corrected chi connectivity index (χ0v) is 17.4. The molecule has 0 aliphatic carbocycles. The molecule has 31 heavy (non-hydrogen) atoms. The maximum atomic E-state index is 12.4. The van der Waals surface area contributed by atoms with Gasteiger partial charge in [-0.3, -0.25) is 4.79 Å². The van der Waals surface area contributed by atoms with Gasteiger partial charge >= 0.3 is 5.97 Å². The third-order valence-electron chi connectivity index (χ3n) is 4.26. The number of amides is 1. The van der Waals surface area contributed by atoms with Crippen LogP contribution in [-0.2, 0) is 9.53 Å². The summed E-state index contributed by atoms with van der Waals surface area (Å²) in [6.45, 7) is -0.537. The molecule has 3 aromatic carbocycles. The standard InChI is InChI=1S/C23H20ClN3O4/c1-30-20-13-19(25)18(24)12-17(20)23(29)31-14-21(28)26-27-22(15-8-4-2-5-9-15)16-10-6-3-7-11-16/h2-13H,14,25H2,1H3,(H,26,28). The number of rotatable bonds is 7. The predicted octanol–water partition coefficient (Wildman–Crippen LogP) is 3.66. The van der Waals surface area contributed by atoms with Gasteiger partial charge < -0.3 is 15.2 Å². The predicted molar refractivity (Wildman–Crippen MR) is 119 cm³/mol. The molecule has 0 radical (unpaired) electrons. The monoisotopic (exact) mass is 437 g/mol. The third-order valence-corrected chi connectivity index (χ3v) is 4.59. The number of carbonyl (C=O) groups is 2. The minimum Gasteiger partial charge on any atom is -0.496 e. The van der Waals surface area contributed by atoms with Gasteiger partial charge in [0, 0.05) is 17.2 Å². The highest BCUT2D eigenvalue weighted by molar-refractivity contribution is 6.33. The van der Waals surface area contributed by atoms with E-state index >= 15 is 0 Å². The molecule has 0 aliphatic rings. The summed E-state index contributed by atoms with van der Waals surface area (Å²) in [5, 5.41) is 4.42. The molecule has 1 amide bonds. The molecule has 0 unspecified atom stereocenters. The van der Waals surface area contributed by atoms with E-state index in [1.807, 2.05) is 60.7 Å². The lowest BCUT2D eigenvalue weighted by Gasteiger charge is -2.11. The van der Waals surface area contributed by atoms with Gasteiger partial charge in [-0.15, -0.1) is 0 Å². The Kier molecular flexibility index (Phi) is 7.24. The van der Waals surface area contributed by atoms with Gasteiger partial charge in [0.25, 0.3) is 5.91 Å². The van der Waals surface area contributed by atoms with Crippen LogP contribution in [0.25, 0.3) is 0 Å². The van der Waals surface area contributed by atoms with E-state index in [-0.39, 0.29) is 22.0 Å². The zero-order valence-electron chi connectivity index (χ0n) is 16.7. The molecule has 7 nitrogen and oxygen atoms in total. The van der Waals surface area contributed by atoms with Crippen molar-refractivity contribution in [1.29, 1.82) is 0 Å². The highest BCUT2D eigenvalue weighted by Gasteiger charge is 2.18. The molecule has 0 fully saturated rings. The average molecular weight is 438 g/mol. The number of nitrogens with one attached hydrogen (secondary N) is 1. The Labute approximate surface area is 184 Å². The van der Waals surface area contributed by atoms with E-state index in [4.69, 9.17) is 26.8 Å². The molecular formula is C23H20ClN3O4. The molecule has 3 N–H and O–H groups in total. The number of anilines is 1. The number of hydrogen-bond acceptors (Lipinski definition) is 6. The first-order valence-electron chi connectivity index (χ1n) is 9.27. The van der Waals surface area contributed by atoms with Gasteiger partial charge in [-0.2, -0.15) is 5.10 Å². The van der Waals surface area contributed by atoms with Crippen LogP contribution in [0.2, 0.25) is 5.02 Å². The van der Waals surface area contributed by atoms with Gasteiger partial charge in [-0.05, 0) is 6.07 Å². The molecule has 8 heteroatoms. The van der Waals surface area contributed by atoms with Crippen molar-refractivity contribution < 1.29 is 19.1 Å². The summed E-state index contributed by atoms with van der Waals surface area (Å²) in [5.41, 5.74) is 10.7. The molecule has 0 aliphatic heterocycles. The Balaban J connectivity index is 1.70. The summed E-state index contributed by atoms with van der Waals surface area (Å²) >= 11 is 5.97. The van der Waals surface area contributed by atoms with Crippen molar-refractivity contribution in [2.45, 2.75) is 0 Å². The lowest BCUT2D eigenvalue weighted by Crippen LogP contribution is -2.26. The van der Waals surface area contributed by atoms with Crippen LogP contribution in [0.3, 0.4) is 0 Å². The number of benzene rings is 3. The Morgan fingerprint density at radius 2 is 1.58 bits per heavy atom. The number of nitrogens with two attached hydrogens (primary N) is 1. The molecule has 0 spiro atoms. The average Bonchev–Trinajstić information content (AvgIpc) is 2.80. The van der Waals surface area contributed by atoms with Gasteiger partial charge in [0.05, 0.1) is 23.5 Å². The molecule has 0 bridgehead atoms. The van der Waals surface area contributed by atoms with Crippen molar-refractivity contribution in [2.75, 3.05) is 19.5 Å². The van der Waals surface area contributed by atoms with E-state index in [0.717, 1.165) is 11.1 Å². The van der Waals surface area contributed by atoms with Crippen LogP contribution in [0.15, 0.2) is 77.9 Å². The van der Waals surface area contributed by atoms with Crippen LogP contribution in [-0.4, -0.2) is 31.3 Å². The fraction of sp³-hybridized carbons (Fsp3) is 0.0870. The number of ether oxygens (including phenoxy) is 2. The van der Waals surface area contributed by atoms with Gasteiger partial charge in [-0.25, -0.2) is 10.2 Å². The first kappa shape index (κ1) is 21.9. The summed E-state index contributed by atoms with van der Waals surface area (Å²) in [7, 11) is 1.38. The van der Waals surface area contributed by atoms with Gasteiger partial charge in [0.1, 0.15) is 11.3 Å². The Bertz CT molecular complexity index is 1060. The quantitative estimate of drug-likeness (QED) is 0.254. The lowest BCUT2D eigenvalue weighted by molar-refractivity contribution is -0.124. The highest BCUT2D eigenvalue weighted by atomic mass is 35.5. The number of nitrogens with zero attached hydrogens (tertiary/aromatic N) is 1. The van der Waals surface area contributed by atoms with E-state index in [1.54, 1.807) is 0 Å². The van der Waals surface area contributed by atoms with Crippen LogP contribution >= 0.6 is 11.6 Å². The topological polar surface area (TPSA) is 103 Å². The van der Waals surface area contributed by atoms with Crippen LogP contribution in [0, 0.1) is 0 Å². The number of methoxy groups -OCH3 is 1. The number of hydrazone groups is 1. The number of nitrogen functional groups attached to an aromatic ring is 1. The van der Waals surface area contributed by atoms with Crippen LogP contribution in [0.4, 0.5) is 5.69 Å². The van der Waals surface area contributed by atoms with Gasteiger partial charge in [0.2, 0.25) is 0 Å². The van der Waals surface area contributed by atoms with E-state index in [0.29, 0.717) is 5.71 Å². The van der Waals surface area contributed by atoms with Crippen molar-refractivity contribution in [3.05, 3.63) is 94.5 Å². The summed E-state index contributed by atoms with van der Waals surface area (Å²) < 4.78 is 10.2. The van der Waals surface area contributed by atoms with E-state index in [1.165, 1.54) is 19.2 Å². The lowest BCUT2D eigenvalue weighted by atomic mass is 10.0. The first-order valence-corrected chi connectivity index (χ1v) is 9.65. The number of esters is 1. The summed E-state index contributed by atoms with van der Waals surface area (Å²) in [5.74, 6) is -1.18. The molecule has 0 aromatic heterocycles. The van der Waals surface area contributed by atoms with Crippen molar-refractivity contribution in [3.63, 3.8) is 0 Å². The molecule has 3 rings (SSSR count). The Morgan fingerprint density at radius 1 is 1.00 bits per heavy atom. The molecular weight excluding hydrogens is 418 g/mol. The van der Waals surface area contributed by atoms with Crippen molar-refractivity contribution >= 4 is 34.9 Å². The largest absolute Gasteiger partial charge is 0.496 e. The van der Waals surface area contributed by atoms with Gasteiger partial charge in [0.15, 0.2) is 6.61 Å². The molecule has 0 saturated heterocycles. The first-order chi connectivity index (χ1) is 15.0. The summed E-state index contributed by atoms with van der Waals surface area (Å²) in [4.78, 5) is 24.6. The number of carbonyl (C=O) groups excluding carboxylic acids is 2. The smallest absolute Gasteiger partial charge is 0.342 e. The zero-order chi connectivity index (χ0) is 22.2. The Morgan fingerprint density at radius 3 is 2.13 bits per heavy atom. The molecule has 0 atom stereocenters. The summed E-state index contributed by atoms with van der Waals surface area (Å²) in [6, 6.07) is 21.6. The molecule has 0 saturated carbocycles. The normalized spacial score (nSPS) is 10.1. The molecule has 3 aromatic rings. The van der Waals surface area contributed by atoms with Crippen LogP contribution in [0.1, 0.15) is 21.5 Å². The molecule has 158 valence electrons. The Hall–Kier alpha value is -3.84. The van der Waals surface area contributed by atoms with Crippen molar-refractivity contribution in [1.82, 2.24) is 5.43 Å². The van der Waals surface area contributed by atoms with Crippen molar-refractivity contribution in [2.24, 2.45) is 5.10 Å². The minimum absolute atomic E-state index is 0.0623. The molecule has 0 heterocycles. The maximum Gasteiger partial charge on any atom is 0.342 e. The van der Waals surface area contributed by atoms with E-state index in [9.17, 15) is 9.59 Å². The maximum absolute atomic E-state index is 12.4. The fourth-order valence-corrected chi connectivity index (χ4v) is 2.91. The van der Waals surface area contributed by atoms with Gasteiger partial charge in [-0.1, -0.05) is 72.3 Å². The number of halogens is 1. The van der Waals surface area contributed by atoms with Crippen LogP contribution < -0.4 is 15.9 Å². The SMILES string of the molecule is COc1cc(N)c(Cl)cc1C(=O)OCC(=O)NN=C(c1ccccc1)c1ccccc1. The third kappa shape index (κ3) is 5.61. The van der Waals surface area contributed by atoms with Crippen molar-refractivity contribution in [3.8, 4) is 5.75 Å². The fourth-order valence-electron chi connectivity index (χ4n) is 2.74. The van der Waals surface area contributed by atoms with Crippen LogP contribution in [0.5, 0.6) is 5.75 Å². The van der Waals surface area contributed by atoms with E-state index < -0.39 is 18.5 Å². The highest BCUT2D eigenvalue weighted by Crippen LogP contribution is 2.29. The second-order valence-corrected chi connectivity index (χ2v) is 6.78. The second-order valence-electron chi connectivity index (χ2n) is 6.38.